The molecule has 3 amide bonds. The molecule has 48 heavy (non-hydrogen) atoms. The number of likely N-dealkylation sites (tertiary alicyclic amines) is 1. The van der Waals surface area contributed by atoms with Gasteiger partial charge < -0.3 is 29.7 Å². The highest BCUT2D eigenvalue weighted by atomic mass is 35.5. The highest BCUT2D eigenvalue weighted by Gasteiger charge is 2.75. The fraction of sp³-hybridized carbons (Fsp3) is 0.459. The van der Waals surface area contributed by atoms with Crippen molar-refractivity contribution in [2.45, 2.75) is 81.9 Å². The highest BCUT2D eigenvalue weighted by molar-refractivity contribution is 6.30. The van der Waals surface area contributed by atoms with Crippen LogP contribution in [-0.4, -0.2) is 76.7 Å². The van der Waals surface area contributed by atoms with E-state index in [0.717, 1.165) is 0 Å². The van der Waals surface area contributed by atoms with E-state index in [1.165, 1.54) is 9.80 Å². The van der Waals surface area contributed by atoms with Crippen LogP contribution in [-0.2, 0) is 28.7 Å². The maximum Gasteiger partial charge on any atom is 0.313 e. The molecule has 3 aliphatic rings. The molecular weight excluding hydrogens is 634 g/mol. The van der Waals surface area contributed by atoms with Gasteiger partial charge in [-0.25, -0.2) is 0 Å². The lowest BCUT2D eigenvalue weighted by Crippen LogP contribution is -2.59. The first-order chi connectivity index (χ1) is 23.1. The van der Waals surface area contributed by atoms with E-state index in [0.29, 0.717) is 42.0 Å². The third-order valence-corrected chi connectivity index (χ3v) is 10.1. The normalized spacial score (nSPS) is 25.9. The predicted octanol–water partition coefficient (Wildman–Crippen LogP) is 4.76. The lowest BCUT2D eigenvalue weighted by atomic mass is 9.70. The number of nitrogens with zero attached hydrogens (tertiary/aromatic N) is 2. The second-order valence-electron chi connectivity index (χ2n) is 12.7. The third-order valence-electron chi connectivity index (χ3n) is 9.83. The third kappa shape index (κ3) is 6.53. The monoisotopic (exact) mass is 677 g/mol. The number of esters is 1. The van der Waals surface area contributed by atoms with Crippen molar-refractivity contribution in [1.29, 1.82) is 0 Å². The Morgan fingerprint density at radius 1 is 1.17 bits per heavy atom. The number of anilines is 1. The molecule has 3 aliphatic heterocycles. The van der Waals surface area contributed by atoms with Crippen LogP contribution in [0.5, 0.6) is 0 Å². The molecule has 2 bridgehead atoms. The molecule has 10 nitrogen and oxygen atoms in total. The van der Waals surface area contributed by atoms with Crippen LogP contribution in [0.15, 0.2) is 79.9 Å². The number of carbonyl (C=O) groups excluding carboxylic acids is 4. The second-order valence-corrected chi connectivity index (χ2v) is 13.1. The predicted molar refractivity (Wildman–Crippen MR) is 182 cm³/mol. The van der Waals surface area contributed by atoms with Gasteiger partial charge in [0, 0.05) is 23.7 Å². The summed E-state index contributed by atoms with van der Waals surface area (Å²) in [6.45, 7) is 10.9. The summed E-state index contributed by atoms with van der Waals surface area (Å²) in [5, 5.41) is 13.8. The molecule has 11 heteroatoms. The van der Waals surface area contributed by atoms with Crippen molar-refractivity contribution in [3.05, 3.63) is 90.5 Å². The summed E-state index contributed by atoms with van der Waals surface area (Å²) in [7, 11) is 0. The summed E-state index contributed by atoms with van der Waals surface area (Å²) in [5.41, 5.74) is -0.0566. The Bertz CT molecular complexity index is 1510. The van der Waals surface area contributed by atoms with E-state index < -0.39 is 65.6 Å². The number of fused-ring (bicyclic) bond motifs is 1. The highest BCUT2D eigenvalue weighted by Crippen LogP contribution is 2.59. The summed E-state index contributed by atoms with van der Waals surface area (Å²) in [6, 6.07) is 13.6. The van der Waals surface area contributed by atoms with Crippen LogP contribution < -0.4 is 10.2 Å². The molecule has 5 rings (SSSR count). The van der Waals surface area contributed by atoms with E-state index in [1.54, 1.807) is 43.3 Å². The van der Waals surface area contributed by atoms with Gasteiger partial charge in [-0.3, -0.25) is 19.2 Å². The first-order valence-corrected chi connectivity index (χ1v) is 16.9. The van der Waals surface area contributed by atoms with Crippen LogP contribution in [0.1, 0.15) is 57.6 Å². The topological polar surface area (TPSA) is 125 Å². The molecule has 0 aromatic heterocycles. The molecule has 3 fully saturated rings. The Balaban J connectivity index is 1.49. The molecule has 3 saturated heterocycles. The zero-order valence-corrected chi connectivity index (χ0v) is 28.2. The molecule has 2 N–H and O–H groups in total. The van der Waals surface area contributed by atoms with Crippen molar-refractivity contribution in [3.8, 4) is 0 Å². The SMILES string of the molecule is C=CCCC(=O)N[C@@H](C)[C@H](OC(=O)[C@@H]1[C@@H]2CC[C@]3(O2)[C@H](C(=O)N(CC=C)c2ccc(Cl)cc2)N([C@@H](CC)CO)C(=O)[C@@H]13)c1ccccc1. The molecule has 2 aromatic carbocycles. The quantitative estimate of drug-likeness (QED) is 0.206. The van der Waals surface area contributed by atoms with E-state index in [2.05, 4.69) is 18.5 Å². The molecule has 256 valence electrons. The molecule has 0 unspecified atom stereocenters. The standard InChI is InChI=1S/C37H44ClN3O7/c1-5-8-14-29(43)39-23(4)32(24-12-10-9-11-13-24)47-36(46)30-28-19-20-37(48-28)31(30)34(44)41(26(7-3)22-42)33(37)35(45)40(21-6-2)27-17-15-25(38)16-18-27/h5-6,9-13,15-18,23,26,28,30-33,42H,1-2,7-8,14,19-22H2,3-4H3,(H,39,43)/t23-,26-,28-,30+,31+,32-,33-,37+/m0/s1. The van der Waals surface area contributed by atoms with Gasteiger partial charge in [-0.1, -0.05) is 61.0 Å². The number of rotatable bonds is 15. The van der Waals surface area contributed by atoms with Crippen molar-refractivity contribution >= 4 is 41.0 Å². The van der Waals surface area contributed by atoms with Crippen LogP contribution in [0.3, 0.4) is 0 Å². The van der Waals surface area contributed by atoms with Crippen molar-refractivity contribution in [3.63, 3.8) is 0 Å². The molecule has 1 spiro atoms. The van der Waals surface area contributed by atoms with Gasteiger partial charge >= 0.3 is 5.97 Å². The van der Waals surface area contributed by atoms with Gasteiger partial charge in [0.15, 0.2) is 0 Å². The lowest BCUT2D eigenvalue weighted by Gasteiger charge is -2.39. The van der Waals surface area contributed by atoms with Gasteiger partial charge in [0.1, 0.15) is 17.7 Å². The van der Waals surface area contributed by atoms with Gasteiger partial charge in [0.25, 0.3) is 5.91 Å². The van der Waals surface area contributed by atoms with Gasteiger partial charge in [-0.15, -0.1) is 13.2 Å². The van der Waals surface area contributed by atoms with Crippen LogP contribution in [0.25, 0.3) is 0 Å². The Morgan fingerprint density at radius 3 is 2.50 bits per heavy atom. The van der Waals surface area contributed by atoms with Gasteiger partial charge in [-0.2, -0.15) is 0 Å². The fourth-order valence-corrected chi connectivity index (χ4v) is 7.73. The molecular formula is C37H44ClN3O7. The Kier molecular flexibility index (Phi) is 11.1. The number of benzene rings is 2. The average Bonchev–Trinajstić information content (AvgIpc) is 3.74. The Morgan fingerprint density at radius 2 is 1.88 bits per heavy atom. The Labute approximate surface area is 286 Å². The average molecular weight is 678 g/mol. The number of nitrogens with one attached hydrogen (secondary N) is 1. The minimum atomic E-state index is -1.30. The number of halogens is 1. The number of carbonyl (C=O) groups is 4. The molecule has 0 saturated carbocycles. The van der Waals surface area contributed by atoms with Gasteiger partial charge in [-0.05, 0) is 62.4 Å². The van der Waals surface area contributed by atoms with E-state index in [-0.39, 0.29) is 25.5 Å². The number of aliphatic hydroxyl groups is 1. The Hall–Kier alpha value is -3.99. The van der Waals surface area contributed by atoms with Gasteiger partial charge in [0.05, 0.1) is 36.6 Å². The second kappa shape index (κ2) is 15.1. The first kappa shape index (κ1) is 35.3. The van der Waals surface area contributed by atoms with E-state index >= 15 is 0 Å². The fourth-order valence-electron chi connectivity index (χ4n) is 7.61. The molecule has 3 heterocycles. The zero-order chi connectivity index (χ0) is 34.6. The number of amides is 3. The van der Waals surface area contributed by atoms with Crippen molar-refractivity contribution in [2.75, 3.05) is 18.1 Å². The smallest absolute Gasteiger partial charge is 0.313 e. The van der Waals surface area contributed by atoms with Crippen LogP contribution in [0.4, 0.5) is 5.69 Å². The summed E-state index contributed by atoms with van der Waals surface area (Å²) in [4.78, 5) is 59.1. The number of hydrogen-bond donors (Lipinski definition) is 2. The number of aliphatic hydroxyl groups excluding tert-OH is 1. The summed E-state index contributed by atoms with van der Waals surface area (Å²) >= 11 is 6.14. The van der Waals surface area contributed by atoms with Crippen molar-refractivity contribution in [2.24, 2.45) is 11.8 Å². The summed E-state index contributed by atoms with van der Waals surface area (Å²) in [6.07, 6.45) is 3.73. The minimum absolute atomic E-state index is 0.153. The summed E-state index contributed by atoms with van der Waals surface area (Å²) in [5.74, 6) is -3.64. The molecule has 0 aliphatic carbocycles. The zero-order valence-electron chi connectivity index (χ0n) is 27.4. The molecule has 8 atom stereocenters. The van der Waals surface area contributed by atoms with Crippen molar-refractivity contribution < 1.29 is 33.8 Å². The van der Waals surface area contributed by atoms with Crippen LogP contribution in [0.2, 0.25) is 5.02 Å². The number of allylic oxidation sites excluding steroid dienone is 1. The summed E-state index contributed by atoms with van der Waals surface area (Å²) < 4.78 is 12.8. The maximum absolute atomic E-state index is 14.7. The maximum atomic E-state index is 14.7. The van der Waals surface area contributed by atoms with Crippen LogP contribution >= 0.6 is 11.6 Å². The van der Waals surface area contributed by atoms with E-state index in [4.69, 9.17) is 21.1 Å². The number of hydrogen-bond acceptors (Lipinski definition) is 7. The van der Waals surface area contributed by atoms with Gasteiger partial charge in [0.2, 0.25) is 11.8 Å². The molecule has 2 aromatic rings. The first-order valence-electron chi connectivity index (χ1n) is 16.6. The minimum Gasteiger partial charge on any atom is -0.455 e. The van der Waals surface area contributed by atoms with Crippen molar-refractivity contribution in [1.82, 2.24) is 10.2 Å². The largest absolute Gasteiger partial charge is 0.455 e. The number of ether oxygens (including phenoxy) is 2. The molecule has 0 radical (unpaired) electrons. The lowest BCUT2D eigenvalue weighted by molar-refractivity contribution is -0.162. The van der Waals surface area contributed by atoms with Crippen LogP contribution in [0, 0.1) is 11.8 Å². The van der Waals surface area contributed by atoms with E-state index in [1.807, 2.05) is 37.3 Å². The van der Waals surface area contributed by atoms with E-state index in [9.17, 15) is 24.3 Å².